The molecule has 0 radical (unpaired) electrons. The number of hydrogen-bond donors (Lipinski definition) is 1. The van der Waals surface area contributed by atoms with Gasteiger partial charge in [-0.05, 0) is 48.2 Å². The van der Waals surface area contributed by atoms with E-state index in [0.717, 1.165) is 17.5 Å². The van der Waals surface area contributed by atoms with E-state index < -0.39 is 10.0 Å². The fourth-order valence-corrected chi connectivity index (χ4v) is 5.23. The molecular weight excluding hydrogens is 422 g/mol. The largest absolute Gasteiger partial charge is 0.310 e. The third-order valence-corrected chi connectivity index (χ3v) is 6.88. The number of carbonyl (C=O) groups excluding carboxylic acids is 1. The van der Waals surface area contributed by atoms with Crippen LogP contribution in [0, 0.1) is 0 Å². The molecule has 0 atom stereocenters. The molecule has 4 rings (SSSR count). The number of amides is 1. The zero-order valence-corrected chi connectivity index (χ0v) is 17.7. The van der Waals surface area contributed by atoms with Gasteiger partial charge in [0.1, 0.15) is 11.6 Å². The second kappa shape index (κ2) is 8.45. The lowest BCUT2D eigenvalue weighted by Gasteiger charge is -2.29. The Hall–Kier alpha value is -2.90. The number of benzene rings is 2. The molecular formula is C22H20ClN3O3S. The maximum absolute atomic E-state index is 13.2. The molecule has 2 aromatic carbocycles. The second-order valence-corrected chi connectivity index (χ2v) is 9.33. The number of rotatable bonds is 5. The number of carbonyl (C=O) groups is 1. The van der Waals surface area contributed by atoms with E-state index in [4.69, 9.17) is 11.6 Å². The average molecular weight is 442 g/mol. The minimum absolute atomic E-state index is 0.114. The lowest BCUT2D eigenvalue weighted by molar-refractivity contribution is -0.115. The van der Waals surface area contributed by atoms with Gasteiger partial charge < -0.3 is 5.32 Å². The number of pyridine rings is 1. The number of hydrogen-bond acceptors (Lipinski definition) is 4. The van der Waals surface area contributed by atoms with Gasteiger partial charge in [0.25, 0.3) is 10.0 Å². The molecule has 8 heteroatoms. The van der Waals surface area contributed by atoms with Gasteiger partial charge in [0, 0.05) is 11.6 Å². The fraction of sp³-hybridized carbons (Fsp3) is 0.182. The third-order valence-electron chi connectivity index (χ3n) is 4.86. The van der Waals surface area contributed by atoms with E-state index in [9.17, 15) is 13.2 Å². The van der Waals surface area contributed by atoms with Crippen LogP contribution < -0.4 is 9.62 Å². The first kappa shape index (κ1) is 20.4. The van der Waals surface area contributed by atoms with Crippen LogP contribution in [0.3, 0.4) is 0 Å². The molecule has 0 fully saturated rings. The van der Waals surface area contributed by atoms with Gasteiger partial charge in [-0.2, -0.15) is 0 Å². The molecule has 30 heavy (non-hydrogen) atoms. The van der Waals surface area contributed by atoms with Gasteiger partial charge in [0.05, 0.1) is 11.3 Å². The molecule has 154 valence electrons. The van der Waals surface area contributed by atoms with Gasteiger partial charge >= 0.3 is 0 Å². The molecule has 0 saturated carbocycles. The molecule has 0 spiro atoms. The van der Waals surface area contributed by atoms with Crippen LogP contribution in [0.25, 0.3) is 0 Å². The Balaban J connectivity index is 1.61. The van der Waals surface area contributed by atoms with Crippen LogP contribution in [0.5, 0.6) is 0 Å². The summed E-state index contributed by atoms with van der Waals surface area (Å²) in [6.07, 6.45) is 1.63. The van der Waals surface area contributed by atoms with Crippen molar-refractivity contribution in [1.82, 2.24) is 4.98 Å². The van der Waals surface area contributed by atoms with E-state index in [2.05, 4.69) is 10.3 Å². The van der Waals surface area contributed by atoms with E-state index >= 15 is 0 Å². The SMILES string of the molecule is O=C(Cc1ccccc1)Nc1ccc2c(n1)N(S(=O)(=O)c1cccc(Cl)c1)CCC2. The van der Waals surface area contributed by atoms with E-state index in [-0.39, 0.29) is 17.2 Å². The molecule has 1 amide bonds. The summed E-state index contributed by atoms with van der Waals surface area (Å²) in [4.78, 5) is 17.0. The Morgan fingerprint density at radius 1 is 1.07 bits per heavy atom. The molecule has 1 aliphatic rings. The average Bonchev–Trinajstić information content (AvgIpc) is 2.74. The highest BCUT2D eigenvalue weighted by molar-refractivity contribution is 7.92. The Labute approximate surface area is 180 Å². The first-order valence-electron chi connectivity index (χ1n) is 9.55. The number of fused-ring (bicyclic) bond motifs is 1. The summed E-state index contributed by atoms with van der Waals surface area (Å²) in [5.41, 5.74) is 1.71. The molecule has 3 aromatic rings. The molecule has 1 aromatic heterocycles. The van der Waals surface area contributed by atoms with Gasteiger partial charge in [0.2, 0.25) is 5.91 Å². The van der Waals surface area contributed by atoms with E-state index in [0.29, 0.717) is 29.6 Å². The summed E-state index contributed by atoms with van der Waals surface area (Å²) in [5.74, 6) is 0.454. The van der Waals surface area contributed by atoms with Crippen molar-refractivity contribution >= 4 is 39.2 Å². The number of anilines is 2. The van der Waals surface area contributed by atoms with Gasteiger partial charge in [-0.1, -0.05) is 54.1 Å². The fourth-order valence-electron chi connectivity index (χ4n) is 3.43. The van der Waals surface area contributed by atoms with Crippen LogP contribution in [-0.4, -0.2) is 25.9 Å². The zero-order valence-electron chi connectivity index (χ0n) is 16.1. The lowest BCUT2D eigenvalue weighted by atomic mass is 10.1. The Morgan fingerprint density at radius 2 is 1.87 bits per heavy atom. The molecule has 1 N–H and O–H groups in total. The highest BCUT2D eigenvalue weighted by atomic mass is 35.5. The van der Waals surface area contributed by atoms with Gasteiger partial charge in [-0.3, -0.25) is 4.79 Å². The van der Waals surface area contributed by atoms with Crippen molar-refractivity contribution in [2.45, 2.75) is 24.2 Å². The van der Waals surface area contributed by atoms with Crippen molar-refractivity contribution in [3.8, 4) is 0 Å². The Kier molecular flexibility index (Phi) is 5.74. The van der Waals surface area contributed by atoms with Crippen molar-refractivity contribution in [2.24, 2.45) is 0 Å². The first-order valence-corrected chi connectivity index (χ1v) is 11.4. The number of nitrogens with zero attached hydrogens (tertiary/aromatic N) is 2. The smallest absolute Gasteiger partial charge is 0.265 e. The molecule has 1 aliphatic heterocycles. The molecule has 2 heterocycles. The van der Waals surface area contributed by atoms with Crippen LogP contribution in [0.1, 0.15) is 17.5 Å². The lowest BCUT2D eigenvalue weighted by Crippen LogP contribution is -2.36. The van der Waals surface area contributed by atoms with Crippen molar-refractivity contribution in [2.75, 3.05) is 16.2 Å². The molecule has 0 saturated heterocycles. The Bertz CT molecular complexity index is 1180. The minimum atomic E-state index is -3.82. The molecule has 0 aliphatic carbocycles. The third kappa shape index (κ3) is 4.32. The summed E-state index contributed by atoms with van der Waals surface area (Å²) in [7, 11) is -3.82. The van der Waals surface area contributed by atoms with Crippen LogP contribution in [0.2, 0.25) is 5.02 Å². The number of sulfonamides is 1. The normalized spacial score (nSPS) is 13.6. The highest BCUT2D eigenvalue weighted by Gasteiger charge is 2.30. The van der Waals surface area contributed by atoms with Crippen LogP contribution >= 0.6 is 11.6 Å². The molecule has 0 bridgehead atoms. The van der Waals surface area contributed by atoms with Crippen LogP contribution in [0.15, 0.2) is 71.6 Å². The van der Waals surface area contributed by atoms with Crippen molar-refractivity contribution < 1.29 is 13.2 Å². The van der Waals surface area contributed by atoms with Gasteiger partial charge in [-0.25, -0.2) is 17.7 Å². The Morgan fingerprint density at radius 3 is 2.63 bits per heavy atom. The van der Waals surface area contributed by atoms with Crippen LogP contribution in [0.4, 0.5) is 11.6 Å². The summed E-state index contributed by atoms with van der Waals surface area (Å²) >= 11 is 5.99. The standard InChI is InChI=1S/C22H20ClN3O3S/c23-18-9-4-10-19(15-18)30(28,29)26-13-5-8-17-11-12-20(25-22(17)26)24-21(27)14-16-6-2-1-3-7-16/h1-4,6-7,9-12,15H,5,8,13-14H2,(H,24,25,27). The number of aryl methyl sites for hydroxylation is 1. The van der Waals surface area contributed by atoms with Crippen molar-refractivity contribution in [3.63, 3.8) is 0 Å². The number of halogens is 1. The minimum Gasteiger partial charge on any atom is -0.310 e. The molecule has 6 nitrogen and oxygen atoms in total. The maximum atomic E-state index is 13.2. The monoisotopic (exact) mass is 441 g/mol. The summed E-state index contributed by atoms with van der Waals surface area (Å²) in [5, 5.41) is 3.12. The first-order chi connectivity index (χ1) is 14.4. The van der Waals surface area contributed by atoms with Crippen molar-refractivity contribution in [3.05, 3.63) is 82.9 Å². The maximum Gasteiger partial charge on any atom is 0.265 e. The number of nitrogens with one attached hydrogen (secondary N) is 1. The van der Waals surface area contributed by atoms with E-state index in [1.165, 1.54) is 16.4 Å². The predicted molar refractivity (Wildman–Crippen MR) is 117 cm³/mol. The van der Waals surface area contributed by atoms with Crippen LogP contribution in [-0.2, 0) is 27.7 Å². The quantitative estimate of drug-likeness (QED) is 0.647. The summed E-state index contributed by atoms with van der Waals surface area (Å²) < 4.78 is 27.7. The van der Waals surface area contributed by atoms with Crippen molar-refractivity contribution in [1.29, 1.82) is 0 Å². The second-order valence-electron chi connectivity index (χ2n) is 7.03. The van der Waals surface area contributed by atoms with E-state index in [1.807, 2.05) is 36.4 Å². The summed E-state index contributed by atoms with van der Waals surface area (Å²) in [6, 6.07) is 19.1. The highest BCUT2D eigenvalue weighted by Crippen LogP contribution is 2.32. The topological polar surface area (TPSA) is 79.4 Å². The van der Waals surface area contributed by atoms with E-state index in [1.54, 1.807) is 18.2 Å². The number of aromatic nitrogens is 1. The predicted octanol–water partition coefficient (Wildman–Crippen LogP) is 4.06. The molecule has 0 unspecified atom stereocenters. The van der Waals surface area contributed by atoms with Gasteiger partial charge in [-0.15, -0.1) is 0 Å². The summed E-state index contributed by atoms with van der Waals surface area (Å²) in [6.45, 7) is 0.316. The zero-order chi connectivity index (χ0) is 21.1. The van der Waals surface area contributed by atoms with Gasteiger partial charge in [0.15, 0.2) is 0 Å².